The Balaban J connectivity index is 1.27. The fourth-order valence-corrected chi connectivity index (χ4v) is 18.0. The first-order valence-corrected chi connectivity index (χ1v) is 23.4. The average Bonchev–Trinajstić information content (AvgIpc) is 3.95. The van der Waals surface area contributed by atoms with Crippen LogP contribution in [0.4, 0.5) is 22.7 Å². The highest BCUT2D eigenvalue weighted by molar-refractivity contribution is 8.34. The van der Waals surface area contributed by atoms with Gasteiger partial charge in [0.1, 0.15) is 44.8 Å². The minimum Gasteiger partial charge on any atom is -0.185 e. The normalized spacial score (nSPS) is 15.5. The molecule has 0 atom stereocenters. The quantitative estimate of drug-likeness (QED) is 0.115. The number of hydrogen-bond acceptors (Lipinski definition) is 12. The van der Waals surface area contributed by atoms with Gasteiger partial charge in [-0.1, -0.05) is 52.4 Å². The minimum atomic E-state index is -1.30. The van der Waals surface area contributed by atoms with E-state index < -0.39 is 10.0 Å². The standard InChI is InChI=1S/C34H34N8S7/c1-5-7-9-11-13-49(14-12-10-8-6-2)21-15-19(23-29-25(35-45-39-29)17(3)26-30(23)40-46-36-26)43-33(21)34-22(49)16-20(44-34)24-31-27(37-47-41-31)18(4)28-32(24)42-48-38-28/h15-16H,5-14H2,1-4H3. The van der Waals surface area contributed by atoms with E-state index in [2.05, 4.69) is 39.8 Å². The predicted octanol–water partition coefficient (Wildman–Crippen LogP) is 13.6. The molecule has 0 bridgehead atoms. The summed E-state index contributed by atoms with van der Waals surface area (Å²) in [6.45, 7) is 8.81. The van der Waals surface area contributed by atoms with E-state index in [1.807, 2.05) is 22.7 Å². The molecule has 3 aliphatic heterocycles. The summed E-state index contributed by atoms with van der Waals surface area (Å²) in [5.74, 6) is 2.46. The molecule has 0 spiro atoms. The van der Waals surface area contributed by atoms with Crippen LogP contribution in [-0.2, 0) is 22.7 Å². The summed E-state index contributed by atoms with van der Waals surface area (Å²) in [7, 11) is -1.30. The fraction of sp³-hybridized carbons (Fsp3) is 0.412. The highest BCUT2D eigenvalue weighted by atomic mass is 32.3. The van der Waals surface area contributed by atoms with Crippen LogP contribution >= 0.6 is 56.2 Å². The van der Waals surface area contributed by atoms with Crippen LogP contribution in [0.5, 0.6) is 0 Å². The first-order valence-electron chi connectivity index (χ1n) is 16.9. The van der Waals surface area contributed by atoms with Gasteiger partial charge in [0.25, 0.3) is 0 Å². The van der Waals surface area contributed by atoms with Gasteiger partial charge in [0.05, 0.1) is 55.9 Å². The van der Waals surface area contributed by atoms with Crippen LogP contribution in [-0.4, -0.2) is 29.0 Å². The maximum Gasteiger partial charge on any atom is 0.116 e. The predicted molar refractivity (Wildman–Crippen MR) is 215 cm³/mol. The summed E-state index contributed by atoms with van der Waals surface area (Å²) >= 11 is 8.99. The molecule has 4 aromatic heterocycles. The zero-order valence-electron chi connectivity index (χ0n) is 27.7. The molecule has 0 amide bonds. The molecule has 0 radical (unpaired) electrons. The first kappa shape index (κ1) is 32.4. The Morgan fingerprint density at radius 3 is 1.41 bits per heavy atom. The van der Waals surface area contributed by atoms with Crippen molar-refractivity contribution in [3.8, 4) is 30.6 Å². The van der Waals surface area contributed by atoms with Crippen LogP contribution in [0, 0.1) is 13.8 Å². The lowest BCUT2D eigenvalue weighted by molar-refractivity contribution is 0.696. The number of unbranched alkanes of at least 4 members (excludes halogenated alkanes) is 6. The third kappa shape index (κ3) is 4.97. The SMILES string of the molecule is CCCCCCS1(CCCCCC)c2cc(-c3c4c(c(C)c5nsnc35)N=S=N4)sc2-c2sc(-c3c4c(c(C)c5nsnc35)N=S=N4)cc21. The van der Waals surface area contributed by atoms with Gasteiger partial charge >= 0.3 is 0 Å². The van der Waals surface area contributed by atoms with Gasteiger partial charge in [-0.05, 0) is 50.3 Å². The molecule has 2 aromatic carbocycles. The number of fused-ring (bicyclic) bond motifs is 7. The van der Waals surface area contributed by atoms with Crippen LogP contribution in [0.15, 0.2) is 39.4 Å². The molecule has 0 N–H and O–H groups in total. The smallest absolute Gasteiger partial charge is 0.116 e. The summed E-state index contributed by atoms with van der Waals surface area (Å²) in [5.41, 5.74) is 12.0. The summed E-state index contributed by atoms with van der Waals surface area (Å²) in [5, 5.41) is 0. The summed E-state index contributed by atoms with van der Waals surface area (Å²) < 4.78 is 38.3. The lowest BCUT2D eigenvalue weighted by Gasteiger charge is -2.37. The van der Waals surface area contributed by atoms with Gasteiger partial charge in [-0.3, -0.25) is 0 Å². The number of aromatic nitrogens is 4. The second kappa shape index (κ2) is 12.9. The fourth-order valence-electron chi connectivity index (χ4n) is 7.41. The van der Waals surface area contributed by atoms with E-state index in [0.717, 1.165) is 67.1 Å². The summed E-state index contributed by atoms with van der Waals surface area (Å²) in [6, 6.07) is 5.08. The molecule has 0 fully saturated rings. The Hall–Kier alpha value is -2.53. The van der Waals surface area contributed by atoms with Crippen LogP contribution in [0.3, 0.4) is 0 Å². The van der Waals surface area contributed by atoms with Gasteiger partial charge in [0.2, 0.25) is 0 Å². The van der Waals surface area contributed by atoms with Gasteiger partial charge in [-0.15, -0.1) is 22.7 Å². The molecule has 252 valence electrons. The lowest BCUT2D eigenvalue weighted by atomic mass is 10.0. The number of hydrogen-bond donors (Lipinski definition) is 0. The molecular weight excluding hydrogens is 745 g/mol. The molecule has 6 aromatic rings. The number of rotatable bonds is 12. The molecule has 3 aliphatic rings. The molecular formula is C34H34N8S7. The Kier molecular flexibility index (Phi) is 8.53. The Morgan fingerprint density at radius 2 is 0.959 bits per heavy atom. The van der Waals surface area contributed by atoms with E-state index in [9.17, 15) is 0 Å². The first-order chi connectivity index (χ1) is 24.1. The van der Waals surface area contributed by atoms with E-state index in [0.29, 0.717) is 0 Å². The molecule has 0 unspecified atom stereocenters. The number of aryl methyl sites for hydroxylation is 2. The van der Waals surface area contributed by atoms with Gasteiger partial charge in [-0.2, -0.15) is 45.0 Å². The van der Waals surface area contributed by atoms with E-state index in [1.165, 1.54) is 129 Å². The second-order valence-corrected chi connectivity index (χ2v) is 20.5. The van der Waals surface area contributed by atoms with E-state index in [4.69, 9.17) is 34.9 Å². The van der Waals surface area contributed by atoms with Crippen molar-refractivity contribution in [2.45, 2.75) is 88.9 Å². The van der Waals surface area contributed by atoms with Crippen molar-refractivity contribution in [3.05, 3.63) is 23.3 Å². The third-order valence-electron chi connectivity index (χ3n) is 9.95. The Bertz CT molecular complexity index is 2280. The van der Waals surface area contributed by atoms with Crippen LogP contribution in [0.1, 0.15) is 76.3 Å². The van der Waals surface area contributed by atoms with Gasteiger partial charge in [0, 0.05) is 41.8 Å². The Labute approximate surface area is 310 Å². The number of nitrogens with zero attached hydrogens (tertiary/aromatic N) is 8. The number of thiophene rings is 2. The molecule has 0 aliphatic carbocycles. The highest BCUT2D eigenvalue weighted by Crippen LogP contribution is 2.77. The van der Waals surface area contributed by atoms with Gasteiger partial charge in [0.15, 0.2) is 0 Å². The third-order valence-corrected chi connectivity index (χ3v) is 19.1. The maximum absolute atomic E-state index is 4.85. The molecule has 8 nitrogen and oxygen atoms in total. The molecule has 7 heterocycles. The van der Waals surface area contributed by atoms with E-state index in [1.54, 1.807) is 9.79 Å². The number of benzene rings is 2. The maximum atomic E-state index is 4.85. The van der Waals surface area contributed by atoms with Crippen molar-refractivity contribution in [2.75, 3.05) is 11.5 Å². The van der Waals surface area contributed by atoms with Crippen molar-refractivity contribution in [1.29, 1.82) is 0 Å². The van der Waals surface area contributed by atoms with Crippen molar-refractivity contribution in [3.63, 3.8) is 0 Å². The minimum absolute atomic E-state index is 0.951. The topological polar surface area (TPSA) is 101 Å². The molecule has 9 rings (SSSR count). The van der Waals surface area contributed by atoms with Crippen LogP contribution in [0.25, 0.3) is 52.7 Å². The van der Waals surface area contributed by atoms with Crippen LogP contribution < -0.4 is 0 Å². The van der Waals surface area contributed by atoms with Crippen molar-refractivity contribution >= 4 is 124 Å². The lowest BCUT2D eigenvalue weighted by Crippen LogP contribution is -2.09. The monoisotopic (exact) mass is 778 g/mol. The molecule has 49 heavy (non-hydrogen) atoms. The zero-order valence-corrected chi connectivity index (χ0v) is 33.4. The van der Waals surface area contributed by atoms with Crippen LogP contribution in [0.2, 0.25) is 0 Å². The van der Waals surface area contributed by atoms with Gasteiger partial charge in [-0.25, -0.2) is 0 Å². The van der Waals surface area contributed by atoms with E-state index in [-0.39, 0.29) is 0 Å². The van der Waals surface area contributed by atoms with Gasteiger partial charge < -0.3 is 0 Å². The van der Waals surface area contributed by atoms with Crippen molar-refractivity contribution in [1.82, 2.24) is 17.5 Å². The van der Waals surface area contributed by atoms with Crippen molar-refractivity contribution < 1.29 is 0 Å². The molecule has 0 saturated carbocycles. The average molecular weight is 779 g/mol. The molecule has 0 saturated heterocycles. The summed E-state index contributed by atoms with van der Waals surface area (Å²) in [4.78, 5) is 8.50. The highest BCUT2D eigenvalue weighted by Gasteiger charge is 2.43. The van der Waals surface area contributed by atoms with E-state index >= 15 is 0 Å². The second-order valence-electron chi connectivity index (χ2n) is 12.9. The summed E-state index contributed by atoms with van der Waals surface area (Å²) in [6.07, 6.45) is 10.1. The zero-order chi connectivity index (χ0) is 33.3. The largest absolute Gasteiger partial charge is 0.185 e. The molecule has 15 heteroatoms. The van der Waals surface area contributed by atoms with Crippen molar-refractivity contribution in [2.24, 2.45) is 17.5 Å². The Morgan fingerprint density at radius 1 is 0.531 bits per heavy atom.